The summed E-state index contributed by atoms with van der Waals surface area (Å²) in [5, 5.41) is 11.7. The second-order valence-electron chi connectivity index (χ2n) is 5.76. The first-order valence-electron chi connectivity index (χ1n) is 7.90. The average Bonchev–Trinajstić information content (AvgIpc) is 2.52. The summed E-state index contributed by atoms with van der Waals surface area (Å²) in [6.07, 6.45) is 3.01. The van der Waals surface area contributed by atoms with Crippen molar-refractivity contribution in [3.8, 4) is 0 Å². The number of anilines is 1. The Bertz CT molecular complexity index is 530. The van der Waals surface area contributed by atoms with Crippen LogP contribution < -0.4 is 10.2 Å². The summed E-state index contributed by atoms with van der Waals surface area (Å²) < 4.78 is 0. The van der Waals surface area contributed by atoms with Crippen LogP contribution >= 0.6 is 0 Å². The van der Waals surface area contributed by atoms with Crippen LogP contribution in [-0.4, -0.2) is 36.1 Å². The Morgan fingerprint density at radius 2 is 2.14 bits per heavy atom. The minimum Gasteiger partial charge on any atom is -0.396 e. The average molecular weight is 304 g/mol. The Morgan fingerprint density at radius 1 is 1.36 bits per heavy atom. The summed E-state index contributed by atoms with van der Waals surface area (Å²) in [6, 6.07) is 7.91. The summed E-state index contributed by atoms with van der Waals surface area (Å²) in [4.78, 5) is 25.8. The van der Waals surface area contributed by atoms with Gasteiger partial charge in [-0.1, -0.05) is 18.2 Å². The number of nitrogens with zero attached hydrogens (tertiary/aromatic N) is 1. The zero-order chi connectivity index (χ0) is 15.9. The van der Waals surface area contributed by atoms with Crippen molar-refractivity contribution < 1.29 is 14.7 Å². The lowest BCUT2D eigenvalue weighted by atomic mass is 10.0. The van der Waals surface area contributed by atoms with Gasteiger partial charge >= 0.3 is 0 Å². The lowest BCUT2D eigenvalue weighted by Crippen LogP contribution is -2.39. The molecule has 2 amide bonds. The van der Waals surface area contributed by atoms with Crippen LogP contribution in [0.25, 0.3) is 0 Å². The zero-order valence-corrected chi connectivity index (χ0v) is 13.0. The fourth-order valence-electron chi connectivity index (χ4n) is 2.77. The van der Waals surface area contributed by atoms with Crippen molar-refractivity contribution in [2.24, 2.45) is 0 Å². The minimum atomic E-state index is -0.0544. The monoisotopic (exact) mass is 304 g/mol. The molecule has 0 aromatic heterocycles. The summed E-state index contributed by atoms with van der Waals surface area (Å²) in [7, 11) is 0. The van der Waals surface area contributed by atoms with Crippen molar-refractivity contribution >= 4 is 17.5 Å². The lowest BCUT2D eigenvalue weighted by Gasteiger charge is -2.29. The predicted molar refractivity (Wildman–Crippen MR) is 85.7 cm³/mol. The highest BCUT2D eigenvalue weighted by atomic mass is 16.3. The molecule has 22 heavy (non-hydrogen) atoms. The van der Waals surface area contributed by atoms with Crippen LogP contribution in [-0.2, 0) is 16.0 Å². The molecule has 0 bridgehead atoms. The Kier molecular flexibility index (Phi) is 5.95. The van der Waals surface area contributed by atoms with E-state index in [-0.39, 0.29) is 24.5 Å². The second kappa shape index (κ2) is 7.94. The van der Waals surface area contributed by atoms with Crippen molar-refractivity contribution in [3.63, 3.8) is 0 Å². The van der Waals surface area contributed by atoms with Gasteiger partial charge in [-0.25, -0.2) is 0 Å². The summed E-state index contributed by atoms with van der Waals surface area (Å²) >= 11 is 0. The smallest absolute Gasteiger partial charge is 0.227 e. The third kappa shape index (κ3) is 4.31. The van der Waals surface area contributed by atoms with E-state index in [0.29, 0.717) is 25.8 Å². The number of hydrogen-bond acceptors (Lipinski definition) is 3. The Balaban J connectivity index is 1.88. The third-order valence-corrected chi connectivity index (χ3v) is 3.96. The lowest BCUT2D eigenvalue weighted by molar-refractivity contribution is -0.121. The molecule has 0 saturated carbocycles. The fraction of sp³-hybridized carbons (Fsp3) is 0.529. The standard InChI is InChI=1S/C17H24N2O3/c1-13(5-4-12-20)18-16(21)10-11-19-15-7-3-2-6-14(15)8-9-17(19)22/h2-3,6-7,13,20H,4-5,8-12H2,1H3,(H,18,21). The van der Waals surface area contributed by atoms with Gasteiger partial charge < -0.3 is 15.3 Å². The van der Waals surface area contributed by atoms with Crippen molar-refractivity contribution in [1.82, 2.24) is 5.32 Å². The van der Waals surface area contributed by atoms with Gasteiger partial charge in [0, 0.05) is 37.7 Å². The van der Waals surface area contributed by atoms with Crippen molar-refractivity contribution in [1.29, 1.82) is 0 Å². The Hall–Kier alpha value is -1.88. The first-order chi connectivity index (χ1) is 10.6. The number of aliphatic hydroxyl groups excluding tert-OH is 1. The SMILES string of the molecule is CC(CCCO)NC(=O)CCN1C(=O)CCc2ccccc21. The van der Waals surface area contributed by atoms with Gasteiger partial charge in [-0.05, 0) is 37.8 Å². The van der Waals surface area contributed by atoms with Gasteiger partial charge in [0.15, 0.2) is 0 Å². The van der Waals surface area contributed by atoms with Crippen LogP contribution in [0.1, 0.15) is 38.2 Å². The van der Waals surface area contributed by atoms with Gasteiger partial charge in [0.1, 0.15) is 0 Å². The number of amides is 2. The largest absolute Gasteiger partial charge is 0.396 e. The number of aryl methyl sites for hydroxylation is 1. The van der Waals surface area contributed by atoms with E-state index in [0.717, 1.165) is 18.5 Å². The van der Waals surface area contributed by atoms with Gasteiger partial charge in [-0.15, -0.1) is 0 Å². The summed E-state index contributed by atoms with van der Waals surface area (Å²) in [5.74, 6) is 0.0288. The maximum Gasteiger partial charge on any atom is 0.227 e. The predicted octanol–water partition coefficient (Wildman–Crippen LogP) is 1.63. The molecule has 120 valence electrons. The fourth-order valence-corrected chi connectivity index (χ4v) is 2.77. The van der Waals surface area contributed by atoms with Crippen molar-refractivity contribution in [2.75, 3.05) is 18.1 Å². The molecule has 1 aromatic carbocycles. The number of hydrogen-bond donors (Lipinski definition) is 2. The number of carbonyl (C=O) groups is 2. The van der Waals surface area contributed by atoms with E-state index >= 15 is 0 Å². The summed E-state index contributed by atoms with van der Waals surface area (Å²) in [6.45, 7) is 2.47. The van der Waals surface area contributed by atoms with E-state index in [1.807, 2.05) is 31.2 Å². The van der Waals surface area contributed by atoms with Crippen LogP contribution in [0.4, 0.5) is 5.69 Å². The molecule has 5 nitrogen and oxygen atoms in total. The number of nitrogens with one attached hydrogen (secondary N) is 1. The van der Waals surface area contributed by atoms with E-state index in [1.165, 1.54) is 5.56 Å². The van der Waals surface area contributed by atoms with E-state index in [4.69, 9.17) is 5.11 Å². The molecule has 1 aliphatic heterocycles. The summed E-state index contributed by atoms with van der Waals surface area (Å²) in [5.41, 5.74) is 2.10. The minimum absolute atomic E-state index is 0.0454. The molecule has 0 radical (unpaired) electrons. The molecule has 0 fully saturated rings. The molecule has 2 rings (SSSR count). The van der Waals surface area contributed by atoms with Crippen molar-refractivity contribution in [2.45, 2.75) is 45.1 Å². The van der Waals surface area contributed by atoms with Gasteiger partial charge in [0.2, 0.25) is 11.8 Å². The molecule has 5 heteroatoms. The molecule has 1 heterocycles. The zero-order valence-electron chi connectivity index (χ0n) is 13.0. The molecule has 1 atom stereocenters. The van der Waals surface area contributed by atoms with E-state index in [1.54, 1.807) is 4.90 Å². The van der Waals surface area contributed by atoms with Gasteiger partial charge in [-0.3, -0.25) is 9.59 Å². The van der Waals surface area contributed by atoms with Crippen LogP contribution in [0.15, 0.2) is 24.3 Å². The van der Waals surface area contributed by atoms with Crippen LogP contribution in [0, 0.1) is 0 Å². The maximum absolute atomic E-state index is 12.1. The number of fused-ring (bicyclic) bond motifs is 1. The van der Waals surface area contributed by atoms with Gasteiger partial charge in [-0.2, -0.15) is 0 Å². The number of carbonyl (C=O) groups excluding carboxylic acids is 2. The Labute approximate surface area is 131 Å². The quantitative estimate of drug-likeness (QED) is 0.804. The molecule has 1 aliphatic rings. The number of benzene rings is 1. The first kappa shape index (κ1) is 16.5. The third-order valence-electron chi connectivity index (χ3n) is 3.96. The molecule has 0 aliphatic carbocycles. The van der Waals surface area contributed by atoms with E-state index < -0.39 is 0 Å². The molecule has 1 unspecified atom stereocenters. The molecular formula is C17H24N2O3. The Morgan fingerprint density at radius 3 is 2.91 bits per heavy atom. The van der Waals surface area contributed by atoms with E-state index in [9.17, 15) is 9.59 Å². The highest BCUT2D eigenvalue weighted by molar-refractivity contribution is 5.96. The highest BCUT2D eigenvalue weighted by Gasteiger charge is 2.24. The molecule has 1 aromatic rings. The van der Waals surface area contributed by atoms with Crippen molar-refractivity contribution in [3.05, 3.63) is 29.8 Å². The second-order valence-corrected chi connectivity index (χ2v) is 5.76. The molecule has 0 saturated heterocycles. The van der Waals surface area contributed by atoms with Gasteiger partial charge in [0.05, 0.1) is 0 Å². The van der Waals surface area contributed by atoms with Crippen LogP contribution in [0.2, 0.25) is 0 Å². The van der Waals surface area contributed by atoms with Gasteiger partial charge in [0.25, 0.3) is 0 Å². The molecule has 2 N–H and O–H groups in total. The molecular weight excluding hydrogens is 280 g/mol. The number of para-hydroxylation sites is 1. The number of aliphatic hydroxyl groups is 1. The molecule has 0 spiro atoms. The highest BCUT2D eigenvalue weighted by Crippen LogP contribution is 2.27. The number of rotatable bonds is 7. The first-order valence-corrected chi connectivity index (χ1v) is 7.90. The van der Waals surface area contributed by atoms with E-state index in [2.05, 4.69) is 5.32 Å². The normalized spacial score (nSPS) is 15.4. The maximum atomic E-state index is 12.1. The van der Waals surface area contributed by atoms with Crippen LogP contribution in [0.3, 0.4) is 0 Å². The topological polar surface area (TPSA) is 69.6 Å². The van der Waals surface area contributed by atoms with Crippen LogP contribution in [0.5, 0.6) is 0 Å².